The van der Waals surface area contributed by atoms with Crippen molar-refractivity contribution >= 4 is 23.3 Å². The first-order valence-electron chi connectivity index (χ1n) is 9.38. The molecule has 0 bridgehead atoms. The number of amidine groups is 1. The van der Waals surface area contributed by atoms with Gasteiger partial charge in [0.1, 0.15) is 17.0 Å². The Kier molecular flexibility index (Phi) is 5.54. The lowest BCUT2D eigenvalue weighted by Crippen LogP contribution is -2.19. The number of nitrogens with zero attached hydrogens (tertiary/aromatic N) is 4. The fourth-order valence-electron chi connectivity index (χ4n) is 3.28. The van der Waals surface area contributed by atoms with Crippen molar-refractivity contribution in [2.24, 2.45) is 4.99 Å². The highest BCUT2D eigenvalue weighted by molar-refractivity contribution is 7.99. The van der Waals surface area contributed by atoms with Gasteiger partial charge in [0.25, 0.3) is 0 Å². The smallest absolute Gasteiger partial charge is 0.182 e. The van der Waals surface area contributed by atoms with Gasteiger partial charge in [-0.15, -0.1) is 11.8 Å². The Labute approximate surface area is 174 Å². The molecule has 1 aliphatic heterocycles. The van der Waals surface area contributed by atoms with Gasteiger partial charge < -0.3 is 9.30 Å². The number of hydrogen-bond donors (Lipinski definition) is 1. The molecule has 0 saturated carbocycles. The van der Waals surface area contributed by atoms with E-state index in [0.29, 0.717) is 5.84 Å². The number of aliphatic imine (C=N–C) groups is 1. The predicted octanol–water partition coefficient (Wildman–Crippen LogP) is 4.61. The minimum atomic E-state index is 0.0748. The molecule has 1 atom stereocenters. The number of aromatic nitrogens is 2. The van der Waals surface area contributed by atoms with Crippen LogP contribution in [-0.2, 0) is 5.75 Å². The second-order valence-corrected chi connectivity index (χ2v) is 7.96. The highest BCUT2D eigenvalue weighted by Gasteiger charge is 2.26. The Morgan fingerprint density at radius 3 is 3.00 bits per heavy atom. The third-order valence-corrected chi connectivity index (χ3v) is 5.74. The third-order valence-electron chi connectivity index (χ3n) is 4.49. The molecule has 3 aromatic rings. The Morgan fingerprint density at radius 1 is 1.34 bits per heavy atom. The van der Waals surface area contributed by atoms with E-state index < -0.39 is 0 Å². The van der Waals surface area contributed by atoms with Crippen molar-refractivity contribution in [2.75, 3.05) is 0 Å². The summed E-state index contributed by atoms with van der Waals surface area (Å²) < 4.78 is 8.00. The normalized spacial score (nSPS) is 15.8. The van der Waals surface area contributed by atoms with Crippen LogP contribution in [0.4, 0.5) is 5.69 Å². The maximum atomic E-state index is 9.24. The van der Waals surface area contributed by atoms with Crippen molar-refractivity contribution in [3.63, 3.8) is 0 Å². The lowest BCUT2D eigenvalue weighted by atomic mass is 10.2. The molecule has 1 unspecified atom stereocenters. The molecule has 6 nitrogen and oxygen atoms in total. The number of nitrogens with one attached hydrogen (secondary N) is 1. The zero-order valence-electron chi connectivity index (χ0n) is 16.2. The molecule has 0 fully saturated rings. The minimum absolute atomic E-state index is 0.0748. The Balaban J connectivity index is 1.67. The molecule has 1 aromatic carbocycles. The van der Waals surface area contributed by atoms with Crippen molar-refractivity contribution in [1.29, 1.82) is 5.26 Å². The van der Waals surface area contributed by atoms with Gasteiger partial charge in [0.05, 0.1) is 17.5 Å². The predicted molar refractivity (Wildman–Crippen MR) is 115 cm³/mol. The molecule has 0 radical (unpaired) electrons. The maximum absolute atomic E-state index is 9.24. The summed E-state index contributed by atoms with van der Waals surface area (Å²) in [4.78, 5) is 9.01. The molecule has 146 valence electrons. The van der Waals surface area contributed by atoms with Gasteiger partial charge >= 0.3 is 0 Å². The number of rotatable bonds is 5. The van der Waals surface area contributed by atoms with Gasteiger partial charge in [0.15, 0.2) is 6.19 Å². The highest BCUT2D eigenvalue weighted by atomic mass is 32.2. The maximum Gasteiger partial charge on any atom is 0.182 e. The van der Waals surface area contributed by atoms with Gasteiger partial charge in [-0.05, 0) is 38.1 Å². The zero-order valence-corrected chi connectivity index (χ0v) is 17.1. The van der Waals surface area contributed by atoms with Crippen LogP contribution in [0.3, 0.4) is 0 Å². The number of benzene rings is 1. The summed E-state index contributed by atoms with van der Waals surface area (Å²) in [5.41, 5.74) is 3.96. The van der Waals surface area contributed by atoms with Gasteiger partial charge in [-0.3, -0.25) is 10.3 Å². The number of pyridine rings is 1. The first-order chi connectivity index (χ1) is 14.2. The minimum Gasteiger partial charge on any atom is -0.491 e. The molecule has 29 heavy (non-hydrogen) atoms. The Bertz CT molecular complexity index is 1070. The number of ether oxygens (including phenoxy) is 1. The summed E-state index contributed by atoms with van der Waals surface area (Å²) in [6.45, 7) is 3.96. The second kappa shape index (κ2) is 8.41. The fraction of sp³-hybridized carbons (Fsp3) is 0.227. The van der Waals surface area contributed by atoms with E-state index in [4.69, 9.17) is 9.73 Å². The molecule has 7 heteroatoms. The first kappa shape index (κ1) is 19.1. The Hall–Kier alpha value is -3.24. The molecular weight excluding hydrogens is 382 g/mol. The van der Waals surface area contributed by atoms with Crippen LogP contribution >= 0.6 is 11.8 Å². The SMILES string of the molecule is CC(C)Oc1cccc(C(=Nc2ccn3c2CSC3c2cccnc2)NC#N)c1. The molecule has 0 spiro atoms. The summed E-state index contributed by atoms with van der Waals surface area (Å²) in [6, 6.07) is 13.7. The van der Waals surface area contributed by atoms with Crippen molar-refractivity contribution < 1.29 is 4.74 Å². The Morgan fingerprint density at radius 2 is 2.24 bits per heavy atom. The number of thioether (sulfide) groups is 1. The second-order valence-electron chi connectivity index (χ2n) is 6.90. The van der Waals surface area contributed by atoms with E-state index in [-0.39, 0.29) is 11.5 Å². The average molecular weight is 404 g/mol. The fourth-order valence-corrected chi connectivity index (χ4v) is 4.59. The molecule has 1 N–H and O–H groups in total. The van der Waals surface area contributed by atoms with E-state index in [0.717, 1.165) is 34.0 Å². The summed E-state index contributed by atoms with van der Waals surface area (Å²) in [5, 5.41) is 12.2. The summed E-state index contributed by atoms with van der Waals surface area (Å²) in [6.07, 6.45) is 7.81. The van der Waals surface area contributed by atoms with Crippen molar-refractivity contribution in [1.82, 2.24) is 14.9 Å². The van der Waals surface area contributed by atoms with Crippen LogP contribution in [0, 0.1) is 11.5 Å². The van der Waals surface area contributed by atoms with Crippen LogP contribution in [0.1, 0.15) is 36.0 Å². The summed E-state index contributed by atoms with van der Waals surface area (Å²) in [5.74, 6) is 2.10. The summed E-state index contributed by atoms with van der Waals surface area (Å²) >= 11 is 1.84. The average Bonchev–Trinajstić information content (AvgIpc) is 3.31. The van der Waals surface area contributed by atoms with Crippen LogP contribution in [0.15, 0.2) is 66.0 Å². The lowest BCUT2D eigenvalue weighted by molar-refractivity contribution is 0.242. The number of nitriles is 1. The molecule has 0 saturated heterocycles. The largest absolute Gasteiger partial charge is 0.491 e. The van der Waals surface area contributed by atoms with Gasteiger partial charge in [-0.1, -0.05) is 18.2 Å². The molecule has 0 amide bonds. The molecule has 2 aromatic heterocycles. The number of fused-ring (bicyclic) bond motifs is 1. The van der Waals surface area contributed by atoms with E-state index in [2.05, 4.69) is 20.9 Å². The lowest BCUT2D eigenvalue weighted by Gasteiger charge is -2.12. The van der Waals surface area contributed by atoms with Crippen molar-refractivity contribution in [3.8, 4) is 11.9 Å². The van der Waals surface area contributed by atoms with Gasteiger partial charge in [0.2, 0.25) is 0 Å². The molecular formula is C22H21N5OS. The van der Waals surface area contributed by atoms with E-state index >= 15 is 0 Å². The van der Waals surface area contributed by atoms with E-state index in [9.17, 15) is 5.26 Å². The molecule has 1 aliphatic rings. The quantitative estimate of drug-likeness (QED) is 0.291. The van der Waals surface area contributed by atoms with Crippen molar-refractivity contribution in [3.05, 3.63) is 77.9 Å². The zero-order chi connectivity index (χ0) is 20.2. The van der Waals surface area contributed by atoms with Gasteiger partial charge in [-0.2, -0.15) is 5.26 Å². The van der Waals surface area contributed by atoms with Gasteiger partial charge in [0, 0.05) is 35.5 Å². The van der Waals surface area contributed by atoms with Crippen LogP contribution in [-0.4, -0.2) is 21.5 Å². The number of hydrogen-bond acceptors (Lipinski definition) is 5. The van der Waals surface area contributed by atoms with Crippen LogP contribution in [0.5, 0.6) is 5.75 Å². The van der Waals surface area contributed by atoms with Crippen LogP contribution < -0.4 is 10.1 Å². The molecule has 4 rings (SSSR count). The van der Waals surface area contributed by atoms with E-state index in [1.165, 1.54) is 0 Å². The highest BCUT2D eigenvalue weighted by Crippen LogP contribution is 2.44. The van der Waals surface area contributed by atoms with E-state index in [1.54, 1.807) is 6.20 Å². The van der Waals surface area contributed by atoms with Gasteiger partial charge in [-0.25, -0.2) is 4.99 Å². The monoisotopic (exact) mass is 403 g/mol. The molecule has 3 heterocycles. The third kappa shape index (κ3) is 4.13. The molecule has 0 aliphatic carbocycles. The van der Waals surface area contributed by atoms with Crippen LogP contribution in [0.2, 0.25) is 0 Å². The summed E-state index contributed by atoms with van der Waals surface area (Å²) in [7, 11) is 0. The topological polar surface area (TPSA) is 75.2 Å². The van der Waals surface area contributed by atoms with Crippen LogP contribution in [0.25, 0.3) is 0 Å². The standard InChI is InChI=1S/C22H21N5OS/c1-15(2)28-18-7-3-5-16(11-18)21(25-14-23)26-19-8-10-27-20(19)13-29-22(27)17-6-4-9-24-12-17/h3-12,15,22H,13H2,1-2H3,(H,25,26). The van der Waals surface area contributed by atoms with E-state index in [1.807, 2.05) is 80.6 Å². The van der Waals surface area contributed by atoms with Crippen molar-refractivity contribution in [2.45, 2.75) is 31.1 Å². The first-order valence-corrected chi connectivity index (χ1v) is 10.4.